The molecule has 0 fully saturated rings. The van der Waals surface area contributed by atoms with Crippen LogP contribution in [0, 0.1) is 0 Å². The predicted octanol–water partition coefficient (Wildman–Crippen LogP) is 2.51. The summed E-state index contributed by atoms with van der Waals surface area (Å²) < 4.78 is 0. The second kappa shape index (κ2) is 6.10. The fourth-order valence-corrected chi connectivity index (χ4v) is 2.65. The third-order valence-electron chi connectivity index (χ3n) is 2.69. The molecular weight excluding hydrogens is 262 g/mol. The van der Waals surface area contributed by atoms with Crippen molar-refractivity contribution in [2.45, 2.75) is 13.3 Å². The quantitative estimate of drug-likeness (QED) is 0.796. The van der Waals surface area contributed by atoms with Gasteiger partial charge < -0.3 is 10.6 Å². The third-order valence-corrected chi connectivity index (χ3v) is 3.65. The molecule has 0 saturated carbocycles. The molecule has 0 atom stereocenters. The number of amides is 2. The van der Waals surface area contributed by atoms with Gasteiger partial charge in [-0.25, -0.2) is 4.98 Å². The average molecular weight is 275 g/mol. The number of hydrogen-bond donors (Lipinski definition) is 2. The fraction of sp³-hybridized carbons (Fsp3) is 0.154. The molecule has 19 heavy (non-hydrogen) atoms. The summed E-state index contributed by atoms with van der Waals surface area (Å²) in [5.41, 5.74) is 2.76. The Morgan fingerprint density at radius 3 is 2.74 bits per heavy atom. The second-order valence-electron chi connectivity index (χ2n) is 3.75. The minimum Gasteiger partial charge on any atom is -0.328 e. The van der Waals surface area contributed by atoms with Gasteiger partial charge in [0.1, 0.15) is 0 Å². The number of carbonyl (C=O) groups is 2. The van der Waals surface area contributed by atoms with E-state index in [1.807, 2.05) is 25.1 Å². The van der Waals surface area contributed by atoms with Crippen LogP contribution in [-0.4, -0.2) is 17.8 Å². The van der Waals surface area contributed by atoms with Gasteiger partial charge in [0.25, 0.3) is 0 Å². The number of anilines is 2. The van der Waals surface area contributed by atoms with Crippen LogP contribution in [0.25, 0.3) is 10.4 Å². The fourth-order valence-electron chi connectivity index (χ4n) is 1.85. The minimum atomic E-state index is 0.531. The van der Waals surface area contributed by atoms with Gasteiger partial charge in [-0.2, -0.15) is 0 Å². The first kappa shape index (κ1) is 13.2. The zero-order valence-corrected chi connectivity index (χ0v) is 11.2. The number of carbonyl (C=O) groups excluding carboxylic acids is 2. The van der Waals surface area contributed by atoms with E-state index in [1.54, 1.807) is 6.20 Å². The molecule has 0 radical (unpaired) electrons. The molecule has 0 spiro atoms. The Kier molecular flexibility index (Phi) is 4.25. The van der Waals surface area contributed by atoms with E-state index in [9.17, 15) is 9.59 Å². The first-order valence-corrected chi connectivity index (χ1v) is 6.60. The van der Waals surface area contributed by atoms with Crippen molar-refractivity contribution < 1.29 is 9.59 Å². The number of aromatic nitrogens is 1. The number of rotatable bonds is 6. The van der Waals surface area contributed by atoms with Crippen molar-refractivity contribution >= 4 is 35.0 Å². The van der Waals surface area contributed by atoms with E-state index in [-0.39, 0.29) is 0 Å². The molecule has 2 rings (SSSR count). The molecule has 0 aliphatic rings. The lowest BCUT2D eigenvalue weighted by Gasteiger charge is -2.11. The Balaban J connectivity index is 2.47. The lowest BCUT2D eigenvalue weighted by molar-refractivity contribution is -0.106. The number of para-hydroxylation sites is 1. The highest BCUT2D eigenvalue weighted by molar-refractivity contribution is 7.19. The highest BCUT2D eigenvalue weighted by atomic mass is 32.1. The van der Waals surface area contributed by atoms with Crippen LogP contribution in [0.1, 0.15) is 12.5 Å². The summed E-state index contributed by atoms with van der Waals surface area (Å²) in [6, 6.07) is 5.83. The van der Waals surface area contributed by atoms with E-state index in [2.05, 4.69) is 15.6 Å². The van der Waals surface area contributed by atoms with Gasteiger partial charge in [0.15, 0.2) is 5.13 Å². The molecule has 5 nitrogen and oxygen atoms in total. The van der Waals surface area contributed by atoms with E-state index in [0.717, 1.165) is 28.1 Å². The van der Waals surface area contributed by atoms with Gasteiger partial charge in [-0.15, -0.1) is 0 Å². The monoisotopic (exact) mass is 275 g/mol. The maximum atomic E-state index is 10.8. The van der Waals surface area contributed by atoms with Gasteiger partial charge in [-0.1, -0.05) is 36.5 Å². The van der Waals surface area contributed by atoms with Crippen molar-refractivity contribution in [1.82, 2.24) is 4.98 Å². The summed E-state index contributed by atoms with van der Waals surface area (Å²) in [5.74, 6) is 0. The van der Waals surface area contributed by atoms with Crippen molar-refractivity contribution in [3.63, 3.8) is 0 Å². The lowest BCUT2D eigenvalue weighted by Crippen LogP contribution is -2.00. The molecule has 6 heteroatoms. The molecule has 2 N–H and O–H groups in total. The molecule has 1 heterocycles. The zero-order valence-electron chi connectivity index (χ0n) is 10.3. The van der Waals surface area contributed by atoms with Gasteiger partial charge in [0.05, 0.1) is 10.6 Å². The van der Waals surface area contributed by atoms with E-state index < -0.39 is 0 Å². The number of nitrogens with zero attached hydrogens (tertiary/aromatic N) is 1. The Labute approximate surface area is 114 Å². The zero-order chi connectivity index (χ0) is 13.7. The first-order valence-electron chi connectivity index (χ1n) is 5.78. The van der Waals surface area contributed by atoms with Crippen LogP contribution in [0.4, 0.5) is 10.8 Å². The summed E-state index contributed by atoms with van der Waals surface area (Å²) in [6.07, 6.45) is 3.77. The SMILES string of the molecule is CCc1cccc(-c2cnc(NC=O)s2)c1NC=O. The molecule has 98 valence electrons. The van der Waals surface area contributed by atoms with Gasteiger partial charge >= 0.3 is 0 Å². The molecule has 2 amide bonds. The Bertz CT molecular complexity index is 595. The summed E-state index contributed by atoms with van der Waals surface area (Å²) in [5, 5.41) is 5.79. The minimum absolute atomic E-state index is 0.531. The number of thiazole rings is 1. The number of benzene rings is 1. The van der Waals surface area contributed by atoms with Crippen molar-refractivity contribution in [1.29, 1.82) is 0 Å². The molecule has 0 bridgehead atoms. The maximum Gasteiger partial charge on any atom is 0.213 e. The first-order chi connectivity index (χ1) is 9.30. The summed E-state index contributed by atoms with van der Waals surface area (Å²) >= 11 is 1.36. The highest BCUT2D eigenvalue weighted by Crippen LogP contribution is 2.35. The molecule has 0 aliphatic heterocycles. The second-order valence-corrected chi connectivity index (χ2v) is 4.78. The Morgan fingerprint density at radius 1 is 1.26 bits per heavy atom. The molecule has 2 aromatic rings. The number of hydrogen-bond acceptors (Lipinski definition) is 4. The summed E-state index contributed by atoms with van der Waals surface area (Å²) in [4.78, 5) is 26.1. The van der Waals surface area contributed by atoms with Crippen molar-refractivity contribution in [3.8, 4) is 10.4 Å². The summed E-state index contributed by atoms with van der Waals surface area (Å²) in [6.45, 7) is 2.03. The van der Waals surface area contributed by atoms with Crippen LogP contribution < -0.4 is 10.6 Å². The van der Waals surface area contributed by atoms with Gasteiger partial charge in [-0.05, 0) is 12.0 Å². The summed E-state index contributed by atoms with van der Waals surface area (Å²) in [7, 11) is 0. The van der Waals surface area contributed by atoms with Crippen LogP contribution >= 0.6 is 11.3 Å². The van der Waals surface area contributed by atoms with Gasteiger partial charge in [-0.3, -0.25) is 9.59 Å². The predicted molar refractivity (Wildman–Crippen MR) is 76.3 cm³/mol. The van der Waals surface area contributed by atoms with E-state index in [0.29, 0.717) is 18.0 Å². The van der Waals surface area contributed by atoms with E-state index in [4.69, 9.17) is 0 Å². The van der Waals surface area contributed by atoms with Gasteiger partial charge in [0, 0.05) is 11.8 Å². The van der Waals surface area contributed by atoms with Crippen LogP contribution in [0.5, 0.6) is 0 Å². The average Bonchev–Trinajstić information content (AvgIpc) is 2.88. The molecule has 0 unspecified atom stereocenters. The maximum absolute atomic E-state index is 10.8. The molecule has 0 aliphatic carbocycles. The normalized spacial score (nSPS) is 9.95. The smallest absolute Gasteiger partial charge is 0.213 e. The van der Waals surface area contributed by atoms with Crippen molar-refractivity contribution in [3.05, 3.63) is 30.0 Å². The van der Waals surface area contributed by atoms with E-state index >= 15 is 0 Å². The third kappa shape index (κ3) is 2.79. The standard InChI is InChI=1S/C13H13N3O2S/c1-2-9-4-3-5-10(12(9)15-7-17)11-6-14-13(19-11)16-8-18/h3-8H,2H2,1H3,(H,15,17)(H,14,16,18). The van der Waals surface area contributed by atoms with Crippen molar-refractivity contribution in [2.75, 3.05) is 10.6 Å². The van der Waals surface area contributed by atoms with Crippen LogP contribution in [0.3, 0.4) is 0 Å². The highest BCUT2D eigenvalue weighted by Gasteiger charge is 2.11. The van der Waals surface area contributed by atoms with Crippen LogP contribution in [-0.2, 0) is 16.0 Å². The molecule has 1 aromatic heterocycles. The van der Waals surface area contributed by atoms with Gasteiger partial charge in [0.2, 0.25) is 12.8 Å². The number of aryl methyl sites for hydroxylation is 1. The van der Waals surface area contributed by atoms with Crippen molar-refractivity contribution in [2.24, 2.45) is 0 Å². The Morgan fingerprint density at radius 2 is 2.05 bits per heavy atom. The topological polar surface area (TPSA) is 71.1 Å². The largest absolute Gasteiger partial charge is 0.328 e. The number of nitrogens with one attached hydrogen (secondary N) is 2. The molecular formula is C13H13N3O2S. The van der Waals surface area contributed by atoms with Crippen LogP contribution in [0.15, 0.2) is 24.4 Å². The molecule has 0 saturated heterocycles. The van der Waals surface area contributed by atoms with E-state index in [1.165, 1.54) is 11.3 Å². The van der Waals surface area contributed by atoms with Crippen LogP contribution in [0.2, 0.25) is 0 Å². The Hall–Kier alpha value is -2.21. The molecule has 1 aromatic carbocycles. The lowest BCUT2D eigenvalue weighted by atomic mass is 10.0.